The van der Waals surface area contributed by atoms with Gasteiger partial charge in [0.1, 0.15) is 18.0 Å². The minimum atomic E-state index is -0.297. The molecule has 0 saturated carbocycles. The van der Waals surface area contributed by atoms with Crippen molar-refractivity contribution in [2.45, 2.75) is 38.1 Å². The normalized spacial score (nSPS) is 32.9. The summed E-state index contributed by atoms with van der Waals surface area (Å²) in [6, 6.07) is 7.85. The number of rotatable bonds is 4. The van der Waals surface area contributed by atoms with Gasteiger partial charge in [0.05, 0.1) is 33.0 Å². The monoisotopic (exact) mass is 280 g/mol. The van der Waals surface area contributed by atoms with E-state index in [4.69, 9.17) is 23.7 Å². The second-order valence-electron chi connectivity index (χ2n) is 5.04. The number of fused-ring (bicyclic) bond motifs is 1. The molecule has 0 radical (unpaired) electrons. The highest BCUT2D eigenvalue weighted by atomic mass is 16.7. The number of hydrogen-bond acceptors (Lipinski definition) is 5. The van der Waals surface area contributed by atoms with Crippen molar-refractivity contribution in [2.75, 3.05) is 20.3 Å². The molecule has 0 unspecified atom stereocenters. The lowest BCUT2D eigenvalue weighted by Gasteiger charge is -2.27. The zero-order chi connectivity index (χ0) is 13.9. The van der Waals surface area contributed by atoms with Crippen molar-refractivity contribution in [3.8, 4) is 5.75 Å². The standard InChI is InChI=1S/C15H20O5/c1-10-13(14-15(20-10)18-7-6-17-14)19-9-11-4-3-5-12(8-11)16-2/h3-5,8,10,13-15H,6-7,9H2,1-2H3/t10-,13+,14-,15+/m1/s1. The summed E-state index contributed by atoms with van der Waals surface area (Å²) in [6.45, 7) is 3.66. The van der Waals surface area contributed by atoms with Crippen LogP contribution in [-0.2, 0) is 25.6 Å². The van der Waals surface area contributed by atoms with E-state index in [2.05, 4.69) is 0 Å². The average molecular weight is 280 g/mol. The fourth-order valence-electron chi connectivity index (χ4n) is 2.63. The van der Waals surface area contributed by atoms with Gasteiger partial charge in [0.15, 0.2) is 6.29 Å². The van der Waals surface area contributed by atoms with Crippen LogP contribution in [0.5, 0.6) is 5.75 Å². The molecule has 4 atom stereocenters. The van der Waals surface area contributed by atoms with Crippen LogP contribution in [0, 0.1) is 0 Å². The number of ether oxygens (including phenoxy) is 5. The van der Waals surface area contributed by atoms with Crippen LogP contribution in [0.1, 0.15) is 12.5 Å². The Morgan fingerprint density at radius 1 is 1.25 bits per heavy atom. The Bertz CT molecular complexity index is 450. The lowest BCUT2D eigenvalue weighted by Crippen LogP contribution is -2.42. The molecule has 5 nitrogen and oxygen atoms in total. The van der Waals surface area contributed by atoms with Crippen LogP contribution in [0.25, 0.3) is 0 Å². The third kappa shape index (κ3) is 2.81. The van der Waals surface area contributed by atoms with Gasteiger partial charge in [-0.2, -0.15) is 0 Å². The summed E-state index contributed by atoms with van der Waals surface area (Å²) in [5.41, 5.74) is 1.07. The Labute approximate surface area is 118 Å². The molecule has 110 valence electrons. The number of methoxy groups -OCH3 is 1. The van der Waals surface area contributed by atoms with Gasteiger partial charge in [-0.15, -0.1) is 0 Å². The minimum Gasteiger partial charge on any atom is -0.497 e. The molecule has 0 aromatic heterocycles. The molecule has 2 aliphatic rings. The Hall–Kier alpha value is -1.14. The van der Waals surface area contributed by atoms with Gasteiger partial charge in [0, 0.05) is 0 Å². The first-order valence-electron chi connectivity index (χ1n) is 6.91. The van der Waals surface area contributed by atoms with E-state index in [0.717, 1.165) is 11.3 Å². The highest BCUT2D eigenvalue weighted by molar-refractivity contribution is 5.27. The summed E-state index contributed by atoms with van der Waals surface area (Å²) >= 11 is 0. The summed E-state index contributed by atoms with van der Waals surface area (Å²) < 4.78 is 28.2. The molecule has 1 aromatic carbocycles. The van der Waals surface area contributed by atoms with E-state index in [1.807, 2.05) is 31.2 Å². The molecule has 0 aliphatic carbocycles. The van der Waals surface area contributed by atoms with Crippen molar-refractivity contribution < 1.29 is 23.7 Å². The molecule has 0 N–H and O–H groups in total. The summed E-state index contributed by atoms with van der Waals surface area (Å²) in [7, 11) is 1.66. The first-order chi connectivity index (χ1) is 9.78. The molecule has 2 fully saturated rings. The predicted molar refractivity (Wildman–Crippen MR) is 71.6 cm³/mol. The molecule has 0 bridgehead atoms. The van der Waals surface area contributed by atoms with E-state index in [1.165, 1.54) is 0 Å². The summed E-state index contributed by atoms with van der Waals surface area (Å²) in [5.74, 6) is 0.831. The third-order valence-corrected chi connectivity index (χ3v) is 3.66. The van der Waals surface area contributed by atoms with Gasteiger partial charge in [0.25, 0.3) is 0 Å². The van der Waals surface area contributed by atoms with E-state index in [0.29, 0.717) is 19.8 Å². The molecule has 20 heavy (non-hydrogen) atoms. The molecular formula is C15H20O5. The van der Waals surface area contributed by atoms with Gasteiger partial charge in [-0.25, -0.2) is 0 Å². The fourth-order valence-corrected chi connectivity index (χ4v) is 2.63. The van der Waals surface area contributed by atoms with Crippen molar-refractivity contribution in [1.29, 1.82) is 0 Å². The maximum atomic E-state index is 5.98. The smallest absolute Gasteiger partial charge is 0.186 e. The van der Waals surface area contributed by atoms with Gasteiger partial charge in [-0.3, -0.25) is 0 Å². The van der Waals surface area contributed by atoms with Gasteiger partial charge in [-0.05, 0) is 24.6 Å². The lowest BCUT2D eigenvalue weighted by molar-refractivity contribution is -0.221. The topological polar surface area (TPSA) is 46.2 Å². The Morgan fingerprint density at radius 2 is 2.10 bits per heavy atom. The molecular weight excluding hydrogens is 260 g/mol. The highest BCUT2D eigenvalue weighted by Gasteiger charge is 2.46. The predicted octanol–water partition coefficient (Wildman–Crippen LogP) is 1.74. The Kier molecular flexibility index (Phi) is 4.21. The molecule has 3 rings (SSSR count). The third-order valence-electron chi connectivity index (χ3n) is 3.66. The van der Waals surface area contributed by atoms with E-state index < -0.39 is 0 Å². The first-order valence-corrected chi connectivity index (χ1v) is 6.91. The van der Waals surface area contributed by atoms with E-state index in [-0.39, 0.29) is 24.6 Å². The molecule has 0 amide bonds. The minimum absolute atomic E-state index is 0.0336. The van der Waals surface area contributed by atoms with E-state index in [1.54, 1.807) is 7.11 Å². The quantitative estimate of drug-likeness (QED) is 0.840. The van der Waals surface area contributed by atoms with Gasteiger partial charge in [-0.1, -0.05) is 12.1 Å². The van der Waals surface area contributed by atoms with Gasteiger partial charge >= 0.3 is 0 Å². The van der Waals surface area contributed by atoms with Crippen LogP contribution < -0.4 is 4.74 Å². The molecule has 5 heteroatoms. The van der Waals surface area contributed by atoms with E-state index in [9.17, 15) is 0 Å². The van der Waals surface area contributed by atoms with Crippen LogP contribution in [-0.4, -0.2) is 44.9 Å². The Morgan fingerprint density at radius 3 is 2.95 bits per heavy atom. The zero-order valence-electron chi connectivity index (χ0n) is 11.8. The van der Waals surface area contributed by atoms with Crippen molar-refractivity contribution in [2.24, 2.45) is 0 Å². The zero-order valence-corrected chi connectivity index (χ0v) is 11.8. The second-order valence-corrected chi connectivity index (χ2v) is 5.04. The highest BCUT2D eigenvalue weighted by Crippen LogP contribution is 2.30. The van der Waals surface area contributed by atoms with Crippen LogP contribution in [0.3, 0.4) is 0 Å². The van der Waals surface area contributed by atoms with Crippen LogP contribution in [0.2, 0.25) is 0 Å². The summed E-state index contributed by atoms with van der Waals surface area (Å²) in [5, 5.41) is 0. The van der Waals surface area contributed by atoms with Crippen molar-refractivity contribution in [3.63, 3.8) is 0 Å². The molecule has 1 aromatic rings. The average Bonchev–Trinajstić information content (AvgIpc) is 2.81. The largest absolute Gasteiger partial charge is 0.497 e. The maximum absolute atomic E-state index is 5.98. The van der Waals surface area contributed by atoms with Crippen molar-refractivity contribution in [1.82, 2.24) is 0 Å². The summed E-state index contributed by atoms with van der Waals surface area (Å²) in [4.78, 5) is 0. The van der Waals surface area contributed by atoms with Crippen molar-refractivity contribution >= 4 is 0 Å². The number of hydrogen-bond donors (Lipinski definition) is 0. The SMILES string of the molecule is COc1cccc(CO[C@@H]2[C@H]3OCCO[C@H]3O[C@@H]2C)c1. The molecule has 0 spiro atoms. The maximum Gasteiger partial charge on any atom is 0.186 e. The van der Waals surface area contributed by atoms with Crippen LogP contribution in [0.4, 0.5) is 0 Å². The van der Waals surface area contributed by atoms with Crippen LogP contribution in [0.15, 0.2) is 24.3 Å². The molecule has 2 saturated heterocycles. The van der Waals surface area contributed by atoms with Crippen LogP contribution >= 0.6 is 0 Å². The lowest BCUT2D eigenvalue weighted by atomic mass is 10.1. The molecule has 2 aliphatic heterocycles. The van der Waals surface area contributed by atoms with Crippen molar-refractivity contribution in [3.05, 3.63) is 29.8 Å². The fraction of sp³-hybridized carbons (Fsp3) is 0.600. The van der Waals surface area contributed by atoms with Gasteiger partial charge in [0.2, 0.25) is 0 Å². The second kappa shape index (κ2) is 6.10. The number of benzene rings is 1. The molecule has 2 heterocycles. The first kappa shape index (κ1) is 13.8. The summed E-state index contributed by atoms with van der Waals surface area (Å²) in [6.07, 6.45) is -0.571. The van der Waals surface area contributed by atoms with Gasteiger partial charge < -0.3 is 23.7 Å². The Balaban J connectivity index is 1.62. The van der Waals surface area contributed by atoms with E-state index >= 15 is 0 Å².